The summed E-state index contributed by atoms with van der Waals surface area (Å²) in [6, 6.07) is 17.2. The van der Waals surface area contributed by atoms with Crippen LogP contribution in [0.4, 0.5) is 4.79 Å². The zero-order valence-electron chi connectivity index (χ0n) is 18.3. The number of rotatable bonds is 7. The summed E-state index contributed by atoms with van der Waals surface area (Å²) in [5.74, 6) is -0.761. The fraction of sp³-hybridized carbons (Fsp3) is 0.240. The van der Waals surface area contributed by atoms with E-state index in [0.717, 1.165) is 22.3 Å². The van der Waals surface area contributed by atoms with E-state index in [0.29, 0.717) is 0 Å². The van der Waals surface area contributed by atoms with Crippen LogP contribution in [0.3, 0.4) is 0 Å². The fourth-order valence-electron chi connectivity index (χ4n) is 4.06. The van der Waals surface area contributed by atoms with E-state index in [1.165, 1.54) is 19.4 Å². The molecule has 0 spiro atoms. The zero-order valence-corrected chi connectivity index (χ0v) is 19.0. The number of methoxy groups -OCH3 is 1. The highest BCUT2D eigenvalue weighted by Crippen LogP contribution is 2.44. The van der Waals surface area contributed by atoms with Crippen LogP contribution in [-0.4, -0.2) is 53.6 Å². The Morgan fingerprint density at radius 3 is 2.32 bits per heavy atom. The lowest BCUT2D eigenvalue weighted by atomic mass is 9.98. The highest BCUT2D eigenvalue weighted by atomic mass is 35.5. The van der Waals surface area contributed by atoms with Crippen molar-refractivity contribution in [2.24, 2.45) is 0 Å². The topological polar surface area (TPSA) is 118 Å². The number of aromatic nitrogens is 1. The number of aliphatic hydroxyl groups excluding tert-OH is 2. The molecule has 0 saturated carbocycles. The minimum Gasteiger partial charge on any atom is -0.465 e. The Balaban J connectivity index is 1.36. The minimum absolute atomic E-state index is 0.0337. The Labute approximate surface area is 201 Å². The van der Waals surface area contributed by atoms with Crippen molar-refractivity contribution in [3.8, 4) is 11.1 Å². The Bertz CT molecular complexity index is 1170. The molecule has 2 atom stereocenters. The van der Waals surface area contributed by atoms with Gasteiger partial charge in [0.1, 0.15) is 24.0 Å². The maximum Gasteiger partial charge on any atom is 0.407 e. The molecule has 1 aliphatic rings. The van der Waals surface area contributed by atoms with Crippen LogP contribution in [-0.2, 0) is 9.47 Å². The number of hydrogen-bond donors (Lipinski definition) is 3. The molecule has 9 heteroatoms. The Hall–Kier alpha value is -3.46. The quantitative estimate of drug-likeness (QED) is 0.348. The van der Waals surface area contributed by atoms with Gasteiger partial charge in [-0.25, -0.2) is 14.6 Å². The predicted octanol–water partition coefficient (Wildman–Crippen LogP) is 3.45. The number of alkyl carbamates (subject to hydrolysis) is 1. The molecule has 1 aromatic heterocycles. The van der Waals surface area contributed by atoms with Crippen molar-refractivity contribution in [3.05, 3.63) is 88.2 Å². The second-order valence-corrected chi connectivity index (χ2v) is 8.17. The molecular formula is C25H23ClN2O6. The molecule has 8 nitrogen and oxygen atoms in total. The van der Waals surface area contributed by atoms with Gasteiger partial charge in [-0.2, -0.15) is 0 Å². The summed E-state index contributed by atoms with van der Waals surface area (Å²) in [5, 5.41) is 23.2. The van der Waals surface area contributed by atoms with Crippen molar-refractivity contribution in [1.29, 1.82) is 0 Å². The van der Waals surface area contributed by atoms with Gasteiger partial charge in [0, 0.05) is 24.2 Å². The van der Waals surface area contributed by atoms with E-state index >= 15 is 0 Å². The van der Waals surface area contributed by atoms with Crippen molar-refractivity contribution in [2.45, 2.75) is 18.1 Å². The van der Waals surface area contributed by atoms with E-state index in [2.05, 4.69) is 15.0 Å². The highest BCUT2D eigenvalue weighted by molar-refractivity contribution is 6.30. The summed E-state index contributed by atoms with van der Waals surface area (Å²) < 4.78 is 10.0. The first-order chi connectivity index (χ1) is 16.4. The number of nitrogens with one attached hydrogen (secondary N) is 1. The zero-order chi connectivity index (χ0) is 24.2. The van der Waals surface area contributed by atoms with Gasteiger partial charge in [-0.3, -0.25) is 0 Å². The van der Waals surface area contributed by atoms with Gasteiger partial charge in [0.15, 0.2) is 0 Å². The van der Waals surface area contributed by atoms with Gasteiger partial charge in [0.2, 0.25) is 0 Å². The molecule has 0 bridgehead atoms. The molecule has 1 aliphatic carbocycles. The Morgan fingerprint density at radius 1 is 1.09 bits per heavy atom. The summed E-state index contributed by atoms with van der Waals surface area (Å²) in [6.45, 7) is -0.188. The lowest BCUT2D eigenvalue weighted by molar-refractivity contribution is 0.0183. The molecule has 4 rings (SSSR count). The lowest BCUT2D eigenvalue weighted by Gasteiger charge is -2.20. The first-order valence-corrected chi connectivity index (χ1v) is 11.0. The number of hydrogen-bond acceptors (Lipinski definition) is 7. The summed E-state index contributed by atoms with van der Waals surface area (Å²) in [4.78, 5) is 27.8. The van der Waals surface area contributed by atoms with Gasteiger partial charge in [0.25, 0.3) is 0 Å². The number of carbonyl (C=O) groups is 2. The SMILES string of the molecule is COC(=O)c1cnc(Cl)c(C(O)C(O)CNC(=O)OCC2c3ccccc3-c3ccccc32)c1. The van der Waals surface area contributed by atoms with Crippen molar-refractivity contribution in [2.75, 3.05) is 20.3 Å². The molecule has 0 fully saturated rings. The second-order valence-electron chi connectivity index (χ2n) is 7.81. The largest absolute Gasteiger partial charge is 0.465 e. The summed E-state index contributed by atoms with van der Waals surface area (Å²) in [5.41, 5.74) is 4.50. The number of aliphatic hydroxyl groups is 2. The molecule has 3 aromatic rings. The predicted molar refractivity (Wildman–Crippen MR) is 125 cm³/mol. The molecule has 176 valence electrons. The first-order valence-electron chi connectivity index (χ1n) is 10.6. The monoisotopic (exact) mass is 482 g/mol. The smallest absolute Gasteiger partial charge is 0.407 e. The van der Waals surface area contributed by atoms with Crippen LogP contribution in [0.25, 0.3) is 11.1 Å². The molecule has 34 heavy (non-hydrogen) atoms. The van der Waals surface area contributed by atoms with E-state index in [1.54, 1.807) is 0 Å². The van der Waals surface area contributed by atoms with E-state index in [4.69, 9.17) is 16.3 Å². The summed E-state index contributed by atoms with van der Waals surface area (Å²) >= 11 is 6.00. The third-order valence-corrected chi connectivity index (χ3v) is 6.09. The molecule has 2 unspecified atom stereocenters. The Morgan fingerprint density at radius 2 is 1.71 bits per heavy atom. The molecule has 0 saturated heterocycles. The number of halogens is 1. The standard InChI is InChI=1S/C25H23ClN2O6/c1-33-24(31)14-10-19(23(26)27-11-14)22(30)21(29)12-28-25(32)34-13-20-17-8-4-2-6-15(17)16-7-3-5-9-18(16)20/h2-11,20-22,29-30H,12-13H2,1H3,(H,28,32). The first kappa shape index (κ1) is 23.7. The fourth-order valence-corrected chi connectivity index (χ4v) is 4.27. The third kappa shape index (κ3) is 4.75. The molecule has 0 aliphatic heterocycles. The summed E-state index contributed by atoms with van der Waals surface area (Å²) in [6.07, 6.45) is -2.46. The van der Waals surface area contributed by atoms with E-state index in [1.807, 2.05) is 48.5 Å². The number of carbonyl (C=O) groups excluding carboxylic acids is 2. The van der Waals surface area contributed by atoms with E-state index < -0.39 is 24.3 Å². The van der Waals surface area contributed by atoms with Gasteiger partial charge in [-0.05, 0) is 28.3 Å². The minimum atomic E-state index is -1.50. The van der Waals surface area contributed by atoms with Gasteiger partial charge in [0.05, 0.1) is 12.7 Å². The van der Waals surface area contributed by atoms with E-state index in [-0.39, 0.29) is 35.3 Å². The number of fused-ring (bicyclic) bond motifs is 3. The van der Waals surface area contributed by atoms with Crippen molar-refractivity contribution < 1.29 is 29.3 Å². The third-order valence-electron chi connectivity index (χ3n) is 5.77. The van der Waals surface area contributed by atoms with Gasteiger partial charge < -0.3 is 25.0 Å². The average Bonchev–Trinajstić information content (AvgIpc) is 3.19. The van der Waals surface area contributed by atoms with Crippen LogP contribution in [0.5, 0.6) is 0 Å². The van der Waals surface area contributed by atoms with Crippen LogP contribution < -0.4 is 5.32 Å². The van der Waals surface area contributed by atoms with Crippen LogP contribution in [0.1, 0.15) is 39.1 Å². The van der Waals surface area contributed by atoms with Crippen molar-refractivity contribution in [3.63, 3.8) is 0 Å². The number of benzene rings is 2. The van der Waals surface area contributed by atoms with Crippen LogP contribution in [0.15, 0.2) is 60.8 Å². The Kier molecular flexibility index (Phi) is 7.12. The molecular weight excluding hydrogens is 460 g/mol. The van der Waals surface area contributed by atoms with Crippen LogP contribution in [0.2, 0.25) is 5.15 Å². The molecule has 1 heterocycles. The van der Waals surface area contributed by atoms with Crippen molar-refractivity contribution >= 4 is 23.7 Å². The molecule has 2 aromatic carbocycles. The van der Waals surface area contributed by atoms with E-state index in [9.17, 15) is 19.8 Å². The van der Waals surface area contributed by atoms with Crippen molar-refractivity contribution in [1.82, 2.24) is 10.3 Å². The van der Waals surface area contributed by atoms with Gasteiger partial charge in [-0.1, -0.05) is 60.1 Å². The van der Waals surface area contributed by atoms with Crippen LogP contribution >= 0.6 is 11.6 Å². The number of nitrogens with zero attached hydrogens (tertiary/aromatic N) is 1. The molecule has 1 amide bonds. The maximum atomic E-state index is 12.3. The molecule has 3 N–H and O–H groups in total. The summed E-state index contributed by atoms with van der Waals surface area (Å²) in [7, 11) is 1.21. The van der Waals surface area contributed by atoms with Gasteiger partial charge in [-0.15, -0.1) is 0 Å². The lowest BCUT2D eigenvalue weighted by Crippen LogP contribution is -2.36. The van der Waals surface area contributed by atoms with Gasteiger partial charge >= 0.3 is 12.1 Å². The number of esters is 1. The number of ether oxygens (including phenoxy) is 2. The molecule has 0 radical (unpaired) electrons. The highest BCUT2D eigenvalue weighted by Gasteiger charge is 2.29. The van der Waals surface area contributed by atoms with Crippen LogP contribution in [0, 0.1) is 0 Å². The normalized spacial score (nSPS) is 14.0. The maximum absolute atomic E-state index is 12.3. The average molecular weight is 483 g/mol. The second kappa shape index (κ2) is 10.2. The number of amides is 1. The number of pyridine rings is 1.